The second-order valence-electron chi connectivity index (χ2n) is 5.54. The lowest BCUT2D eigenvalue weighted by atomic mass is 10.1. The maximum atomic E-state index is 12.1. The molecule has 0 aliphatic heterocycles. The van der Waals surface area contributed by atoms with Crippen molar-refractivity contribution in [1.82, 2.24) is 10.9 Å². The number of halogens is 1. The highest BCUT2D eigenvalue weighted by Crippen LogP contribution is 2.24. The molecule has 0 aliphatic rings. The number of rotatable bonds is 4. The van der Waals surface area contributed by atoms with Gasteiger partial charge in [0.1, 0.15) is 5.75 Å². The minimum absolute atomic E-state index is 0.254. The van der Waals surface area contributed by atoms with Crippen LogP contribution in [0.3, 0.4) is 0 Å². The average molecular weight is 347 g/mol. The van der Waals surface area contributed by atoms with Crippen LogP contribution in [0.15, 0.2) is 36.4 Å². The summed E-state index contributed by atoms with van der Waals surface area (Å²) in [6.45, 7) is 5.43. The van der Waals surface area contributed by atoms with Gasteiger partial charge in [0, 0.05) is 5.56 Å². The summed E-state index contributed by atoms with van der Waals surface area (Å²) < 4.78 is 5.36. The normalized spacial score (nSPS) is 10.2. The number of hydrazine groups is 1. The number of carbonyl (C=O) groups excluding carboxylic acids is 2. The molecule has 2 aromatic carbocycles. The van der Waals surface area contributed by atoms with E-state index in [4.69, 9.17) is 16.3 Å². The molecule has 5 nitrogen and oxygen atoms in total. The Hall–Kier alpha value is -2.53. The van der Waals surface area contributed by atoms with E-state index in [0.717, 1.165) is 16.7 Å². The van der Waals surface area contributed by atoms with Crippen LogP contribution in [0.25, 0.3) is 0 Å². The van der Waals surface area contributed by atoms with E-state index in [9.17, 15) is 9.59 Å². The molecule has 0 saturated carbocycles. The van der Waals surface area contributed by atoms with Crippen molar-refractivity contribution in [3.05, 3.63) is 63.7 Å². The van der Waals surface area contributed by atoms with Crippen LogP contribution >= 0.6 is 11.6 Å². The molecule has 2 amide bonds. The van der Waals surface area contributed by atoms with Crippen LogP contribution in [0.5, 0.6) is 5.75 Å². The van der Waals surface area contributed by atoms with Gasteiger partial charge in [0.2, 0.25) is 0 Å². The molecule has 2 N–H and O–H groups in total. The zero-order valence-corrected chi connectivity index (χ0v) is 14.5. The summed E-state index contributed by atoms with van der Waals surface area (Å²) in [7, 11) is 0. The highest BCUT2D eigenvalue weighted by Gasteiger charge is 2.11. The van der Waals surface area contributed by atoms with Gasteiger partial charge in [-0.2, -0.15) is 0 Å². The third-order valence-corrected chi connectivity index (χ3v) is 3.70. The van der Waals surface area contributed by atoms with Crippen LogP contribution in [0.1, 0.15) is 27.0 Å². The third-order valence-electron chi connectivity index (χ3n) is 3.39. The fourth-order valence-electron chi connectivity index (χ4n) is 2.16. The van der Waals surface area contributed by atoms with Crippen molar-refractivity contribution < 1.29 is 14.3 Å². The highest BCUT2D eigenvalue weighted by atomic mass is 35.5. The Balaban J connectivity index is 1.86. The molecule has 0 aliphatic carbocycles. The van der Waals surface area contributed by atoms with Crippen molar-refractivity contribution in [1.29, 1.82) is 0 Å². The van der Waals surface area contributed by atoms with Gasteiger partial charge in [0.05, 0.1) is 5.02 Å². The lowest BCUT2D eigenvalue weighted by Crippen LogP contribution is -2.44. The quantitative estimate of drug-likeness (QED) is 0.836. The Kier molecular flexibility index (Phi) is 5.82. The van der Waals surface area contributed by atoms with E-state index in [-0.39, 0.29) is 12.5 Å². The van der Waals surface area contributed by atoms with E-state index in [1.165, 1.54) is 0 Å². The molecule has 0 atom stereocenters. The molecular weight excluding hydrogens is 328 g/mol. The van der Waals surface area contributed by atoms with E-state index < -0.39 is 5.91 Å². The molecule has 2 rings (SSSR count). The van der Waals surface area contributed by atoms with Gasteiger partial charge >= 0.3 is 0 Å². The largest absolute Gasteiger partial charge is 0.482 e. The molecule has 0 unspecified atom stereocenters. The first-order valence-electron chi connectivity index (χ1n) is 7.42. The molecule has 126 valence electrons. The summed E-state index contributed by atoms with van der Waals surface area (Å²) in [6, 6.07) is 10.7. The second-order valence-corrected chi connectivity index (χ2v) is 5.95. The molecule has 0 bridgehead atoms. The summed E-state index contributed by atoms with van der Waals surface area (Å²) in [6.07, 6.45) is 0. The van der Waals surface area contributed by atoms with Crippen molar-refractivity contribution in [2.75, 3.05) is 6.61 Å². The van der Waals surface area contributed by atoms with Gasteiger partial charge in [-0.15, -0.1) is 0 Å². The molecule has 0 saturated heterocycles. The molecule has 0 fully saturated rings. The molecule has 2 aromatic rings. The number of carbonyl (C=O) groups is 2. The molecular formula is C18H19ClN2O3. The van der Waals surface area contributed by atoms with Gasteiger partial charge in [-0.05, 0) is 50.1 Å². The molecule has 0 radical (unpaired) electrons. The Morgan fingerprint density at radius 1 is 1.00 bits per heavy atom. The van der Waals surface area contributed by atoms with Gasteiger partial charge in [-0.25, -0.2) is 0 Å². The fraction of sp³-hybridized carbons (Fsp3) is 0.222. The lowest BCUT2D eigenvalue weighted by molar-refractivity contribution is -0.123. The minimum Gasteiger partial charge on any atom is -0.482 e. The van der Waals surface area contributed by atoms with Gasteiger partial charge in [0.15, 0.2) is 6.61 Å². The molecule has 0 aromatic heterocycles. The summed E-state index contributed by atoms with van der Waals surface area (Å²) in [5.74, 6) is -0.437. The maximum absolute atomic E-state index is 12.1. The first-order chi connectivity index (χ1) is 11.4. The maximum Gasteiger partial charge on any atom is 0.276 e. The lowest BCUT2D eigenvalue weighted by Gasteiger charge is -2.11. The predicted octanol–water partition coefficient (Wildman–Crippen LogP) is 3.11. The Morgan fingerprint density at radius 2 is 1.67 bits per heavy atom. The number of hydrogen-bond acceptors (Lipinski definition) is 3. The zero-order chi connectivity index (χ0) is 17.7. The van der Waals surface area contributed by atoms with Crippen molar-refractivity contribution in [2.45, 2.75) is 20.8 Å². The van der Waals surface area contributed by atoms with Crippen molar-refractivity contribution in [3.63, 3.8) is 0 Å². The Labute approximate surface area is 145 Å². The van der Waals surface area contributed by atoms with E-state index in [1.807, 2.05) is 39.0 Å². The van der Waals surface area contributed by atoms with Crippen LogP contribution in [0.2, 0.25) is 5.02 Å². The van der Waals surface area contributed by atoms with Gasteiger partial charge in [0.25, 0.3) is 11.8 Å². The SMILES string of the molecule is Cc1ccc(C(=O)NNC(=O)COc2cc(C)ccc2Cl)c(C)c1. The van der Waals surface area contributed by atoms with Gasteiger partial charge < -0.3 is 4.74 Å². The summed E-state index contributed by atoms with van der Waals surface area (Å²) in [5, 5.41) is 0.424. The van der Waals surface area contributed by atoms with E-state index >= 15 is 0 Å². The second kappa shape index (κ2) is 7.84. The molecule has 6 heteroatoms. The van der Waals surface area contributed by atoms with Crippen LogP contribution < -0.4 is 15.6 Å². The summed E-state index contributed by atoms with van der Waals surface area (Å²) in [4.78, 5) is 23.9. The standard InChI is InChI=1S/C18H19ClN2O3/c1-11-4-6-14(13(3)8-11)18(23)21-20-17(22)10-24-16-9-12(2)5-7-15(16)19/h4-9H,10H2,1-3H3,(H,20,22)(H,21,23). The zero-order valence-electron chi connectivity index (χ0n) is 13.8. The third kappa shape index (κ3) is 4.73. The van der Waals surface area contributed by atoms with Crippen LogP contribution in [0, 0.1) is 20.8 Å². The number of hydrogen-bond donors (Lipinski definition) is 2. The van der Waals surface area contributed by atoms with Crippen LogP contribution in [0.4, 0.5) is 0 Å². The number of benzene rings is 2. The molecule has 0 spiro atoms. The van der Waals surface area contributed by atoms with Crippen molar-refractivity contribution in [2.24, 2.45) is 0 Å². The fourth-order valence-corrected chi connectivity index (χ4v) is 2.33. The number of aryl methyl sites for hydroxylation is 3. The minimum atomic E-state index is -0.481. The average Bonchev–Trinajstić information content (AvgIpc) is 2.53. The first kappa shape index (κ1) is 17.8. The highest BCUT2D eigenvalue weighted by molar-refractivity contribution is 6.32. The summed E-state index contributed by atoms with van der Waals surface area (Å²) >= 11 is 5.99. The predicted molar refractivity (Wildman–Crippen MR) is 93.2 cm³/mol. The van der Waals surface area contributed by atoms with Gasteiger partial charge in [-0.1, -0.05) is 35.4 Å². The van der Waals surface area contributed by atoms with Crippen LogP contribution in [-0.2, 0) is 4.79 Å². The van der Waals surface area contributed by atoms with Crippen LogP contribution in [-0.4, -0.2) is 18.4 Å². The van der Waals surface area contributed by atoms with Gasteiger partial charge in [-0.3, -0.25) is 20.4 Å². The summed E-state index contributed by atoms with van der Waals surface area (Å²) in [5.41, 5.74) is 8.07. The topological polar surface area (TPSA) is 67.4 Å². The van der Waals surface area contributed by atoms with E-state index in [2.05, 4.69) is 10.9 Å². The first-order valence-corrected chi connectivity index (χ1v) is 7.80. The Morgan fingerprint density at radius 3 is 2.38 bits per heavy atom. The Bertz CT molecular complexity index is 775. The van der Waals surface area contributed by atoms with E-state index in [0.29, 0.717) is 16.3 Å². The van der Waals surface area contributed by atoms with Crippen molar-refractivity contribution >= 4 is 23.4 Å². The molecule has 24 heavy (non-hydrogen) atoms. The van der Waals surface area contributed by atoms with Crippen molar-refractivity contribution in [3.8, 4) is 5.75 Å². The van der Waals surface area contributed by atoms with E-state index in [1.54, 1.807) is 18.2 Å². The number of amides is 2. The number of ether oxygens (including phenoxy) is 1. The monoisotopic (exact) mass is 346 g/mol. The molecule has 0 heterocycles. The smallest absolute Gasteiger partial charge is 0.276 e. The number of nitrogens with one attached hydrogen (secondary N) is 2.